The fraction of sp³-hybridized carbons (Fsp3) is 0.0667. The Morgan fingerprint density at radius 3 is 2.84 bits per heavy atom. The van der Waals surface area contributed by atoms with E-state index in [4.69, 9.17) is 16.0 Å². The summed E-state index contributed by atoms with van der Waals surface area (Å²) in [6.07, 6.45) is 1.60. The number of benzene rings is 1. The fourth-order valence-corrected chi connectivity index (χ4v) is 3.68. The molecule has 0 aliphatic rings. The average Bonchev–Trinajstić information content (AvgIpc) is 3.05. The van der Waals surface area contributed by atoms with Crippen LogP contribution in [0.4, 0.5) is 5.82 Å². The van der Waals surface area contributed by atoms with Gasteiger partial charge >= 0.3 is 0 Å². The SMILES string of the molecule is O=C(CSc1nnc(-c2ccccc2Cl)o1)Nc1ncc(Br)cc1Br. The van der Waals surface area contributed by atoms with Gasteiger partial charge in [0.2, 0.25) is 11.8 Å². The Labute approximate surface area is 169 Å². The molecule has 3 rings (SSSR count). The maximum absolute atomic E-state index is 12.0. The topological polar surface area (TPSA) is 80.9 Å². The van der Waals surface area contributed by atoms with Crippen molar-refractivity contribution in [2.75, 3.05) is 11.1 Å². The van der Waals surface area contributed by atoms with Crippen LogP contribution in [0.25, 0.3) is 11.5 Å². The summed E-state index contributed by atoms with van der Waals surface area (Å²) in [5.41, 5.74) is 0.649. The van der Waals surface area contributed by atoms with Crippen LogP contribution in [0, 0.1) is 0 Å². The number of aromatic nitrogens is 3. The lowest BCUT2D eigenvalue weighted by Crippen LogP contribution is -2.15. The van der Waals surface area contributed by atoms with E-state index in [0.717, 1.165) is 16.2 Å². The molecule has 0 aliphatic heterocycles. The molecule has 6 nitrogen and oxygen atoms in total. The molecule has 1 amide bonds. The number of nitrogens with one attached hydrogen (secondary N) is 1. The number of amides is 1. The van der Waals surface area contributed by atoms with Gasteiger partial charge in [-0.25, -0.2) is 4.98 Å². The number of carbonyl (C=O) groups is 1. The Kier molecular flexibility index (Phi) is 6.10. The molecule has 1 N–H and O–H groups in total. The van der Waals surface area contributed by atoms with E-state index in [9.17, 15) is 4.79 Å². The molecule has 25 heavy (non-hydrogen) atoms. The van der Waals surface area contributed by atoms with Gasteiger partial charge in [0, 0.05) is 10.7 Å². The predicted molar refractivity (Wildman–Crippen MR) is 104 cm³/mol. The van der Waals surface area contributed by atoms with Gasteiger partial charge in [-0.05, 0) is 50.1 Å². The van der Waals surface area contributed by atoms with Gasteiger partial charge in [-0.3, -0.25) is 4.79 Å². The van der Waals surface area contributed by atoms with E-state index in [0.29, 0.717) is 26.8 Å². The van der Waals surface area contributed by atoms with Gasteiger partial charge in [-0.15, -0.1) is 10.2 Å². The molecule has 0 aliphatic carbocycles. The molecule has 0 atom stereocenters. The number of nitrogens with zero attached hydrogens (tertiary/aromatic N) is 3. The van der Waals surface area contributed by atoms with Crippen molar-refractivity contribution < 1.29 is 9.21 Å². The van der Waals surface area contributed by atoms with Crippen molar-refractivity contribution in [2.45, 2.75) is 5.22 Å². The summed E-state index contributed by atoms with van der Waals surface area (Å²) in [7, 11) is 0. The third-order valence-corrected chi connectivity index (χ3v) is 5.09. The zero-order valence-corrected chi connectivity index (χ0v) is 17.1. The van der Waals surface area contributed by atoms with Crippen LogP contribution < -0.4 is 5.32 Å². The molecule has 2 aromatic heterocycles. The summed E-state index contributed by atoms with van der Waals surface area (Å²) >= 11 is 13.9. The minimum absolute atomic E-state index is 0.105. The number of anilines is 1. The van der Waals surface area contributed by atoms with Gasteiger partial charge in [0.15, 0.2) is 0 Å². The van der Waals surface area contributed by atoms with Crippen LogP contribution in [0.3, 0.4) is 0 Å². The van der Waals surface area contributed by atoms with Crippen molar-refractivity contribution in [3.63, 3.8) is 0 Å². The first-order valence-corrected chi connectivity index (χ1v) is 9.80. The lowest BCUT2D eigenvalue weighted by molar-refractivity contribution is -0.113. The Morgan fingerprint density at radius 1 is 1.28 bits per heavy atom. The highest BCUT2D eigenvalue weighted by atomic mass is 79.9. The van der Waals surface area contributed by atoms with E-state index in [2.05, 4.69) is 52.4 Å². The Balaban J connectivity index is 1.60. The van der Waals surface area contributed by atoms with Crippen molar-refractivity contribution in [1.29, 1.82) is 0 Å². The number of carbonyl (C=O) groups excluding carboxylic acids is 1. The standard InChI is InChI=1S/C15H9Br2ClN4O2S/c16-8-5-10(17)13(19-6-8)20-12(23)7-25-15-22-21-14(24-15)9-3-1-2-4-11(9)18/h1-6H,7H2,(H,19,20,23). The molecule has 0 saturated carbocycles. The number of halogens is 3. The number of rotatable bonds is 5. The molecule has 0 unspecified atom stereocenters. The Bertz CT molecular complexity index is 922. The molecular weight excluding hydrogens is 496 g/mol. The highest BCUT2D eigenvalue weighted by Gasteiger charge is 2.14. The largest absolute Gasteiger partial charge is 0.411 e. The third kappa shape index (κ3) is 4.81. The van der Waals surface area contributed by atoms with Gasteiger partial charge in [-0.2, -0.15) is 0 Å². The molecule has 0 spiro atoms. The quantitative estimate of drug-likeness (QED) is 0.491. The number of pyridine rings is 1. The number of thioether (sulfide) groups is 1. The van der Waals surface area contributed by atoms with E-state index in [-0.39, 0.29) is 16.9 Å². The van der Waals surface area contributed by atoms with E-state index >= 15 is 0 Å². The highest BCUT2D eigenvalue weighted by Crippen LogP contribution is 2.29. The Morgan fingerprint density at radius 2 is 2.08 bits per heavy atom. The molecule has 2 heterocycles. The van der Waals surface area contributed by atoms with Gasteiger partial charge in [-0.1, -0.05) is 35.5 Å². The average molecular weight is 505 g/mol. The highest BCUT2D eigenvalue weighted by molar-refractivity contribution is 9.11. The second kappa shape index (κ2) is 8.31. The first-order chi connectivity index (χ1) is 12.0. The van der Waals surface area contributed by atoms with Crippen LogP contribution in [0.1, 0.15) is 0 Å². The molecule has 3 aromatic rings. The smallest absolute Gasteiger partial charge is 0.277 e. The van der Waals surface area contributed by atoms with Crippen LogP contribution >= 0.6 is 55.2 Å². The molecular formula is C15H9Br2ClN4O2S. The van der Waals surface area contributed by atoms with Gasteiger partial charge in [0.1, 0.15) is 5.82 Å². The monoisotopic (exact) mass is 502 g/mol. The van der Waals surface area contributed by atoms with Gasteiger partial charge in [0.05, 0.1) is 20.8 Å². The number of hydrogen-bond donors (Lipinski definition) is 1. The van der Waals surface area contributed by atoms with Crippen LogP contribution in [0.2, 0.25) is 5.02 Å². The molecule has 128 valence electrons. The molecule has 0 fully saturated rings. The minimum Gasteiger partial charge on any atom is -0.411 e. The summed E-state index contributed by atoms with van der Waals surface area (Å²) in [6.45, 7) is 0. The number of hydrogen-bond acceptors (Lipinski definition) is 6. The van der Waals surface area contributed by atoms with Crippen molar-refractivity contribution in [3.05, 3.63) is 50.5 Å². The first kappa shape index (κ1) is 18.4. The lowest BCUT2D eigenvalue weighted by Gasteiger charge is -2.05. The minimum atomic E-state index is -0.238. The van der Waals surface area contributed by atoms with Crippen molar-refractivity contribution in [2.24, 2.45) is 0 Å². The fourth-order valence-electron chi connectivity index (χ4n) is 1.81. The zero-order chi connectivity index (χ0) is 17.8. The summed E-state index contributed by atoms with van der Waals surface area (Å²) < 4.78 is 7.03. The van der Waals surface area contributed by atoms with E-state index in [1.165, 1.54) is 0 Å². The maximum atomic E-state index is 12.0. The molecule has 0 radical (unpaired) electrons. The normalized spacial score (nSPS) is 10.7. The predicted octanol–water partition coefficient (Wildman–Crippen LogP) is 5.04. The van der Waals surface area contributed by atoms with Crippen molar-refractivity contribution in [3.8, 4) is 11.5 Å². The first-order valence-electron chi connectivity index (χ1n) is 6.85. The van der Waals surface area contributed by atoms with Crippen LogP contribution in [-0.4, -0.2) is 26.8 Å². The second-order valence-electron chi connectivity index (χ2n) is 4.67. The van der Waals surface area contributed by atoms with E-state index < -0.39 is 0 Å². The maximum Gasteiger partial charge on any atom is 0.277 e. The zero-order valence-electron chi connectivity index (χ0n) is 12.4. The van der Waals surface area contributed by atoms with Crippen molar-refractivity contribution in [1.82, 2.24) is 15.2 Å². The van der Waals surface area contributed by atoms with Crippen LogP contribution in [0.15, 0.2) is 55.1 Å². The summed E-state index contributed by atoms with van der Waals surface area (Å²) in [5, 5.41) is 11.4. The summed E-state index contributed by atoms with van der Waals surface area (Å²) in [6, 6.07) is 8.97. The molecule has 0 saturated heterocycles. The molecule has 0 bridgehead atoms. The summed E-state index contributed by atoms with van der Waals surface area (Å²) in [4.78, 5) is 16.2. The van der Waals surface area contributed by atoms with Crippen LogP contribution in [-0.2, 0) is 4.79 Å². The van der Waals surface area contributed by atoms with E-state index in [1.807, 2.05) is 12.1 Å². The van der Waals surface area contributed by atoms with E-state index in [1.54, 1.807) is 24.4 Å². The van der Waals surface area contributed by atoms with Crippen molar-refractivity contribution >= 4 is 66.9 Å². The van der Waals surface area contributed by atoms with Gasteiger partial charge in [0.25, 0.3) is 5.22 Å². The third-order valence-electron chi connectivity index (χ3n) is 2.90. The Hall–Kier alpha value is -1.42. The molecule has 10 heteroatoms. The van der Waals surface area contributed by atoms with Crippen LogP contribution in [0.5, 0.6) is 0 Å². The second-order valence-corrected chi connectivity index (χ2v) is 7.78. The summed E-state index contributed by atoms with van der Waals surface area (Å²) in [5.74, 6) is 0.619. The molecule has 1 aromatic carbocycles. The lowest BCUT2D eigenvalue weighted by atomic mass is 10.2. The van der Waals surface area contributed by atoms with Gasteiger partial charge < -0.3 is 9.73 Å².